The van der Waals surface area contributed by atoms with Crippen LogP contribution in [0.15, 0.2) is 60.7 Å². The van der Waals surface area contributed by atoms with Gasteiger partial charge < -0.3 is 19.5 Å². The highest BCUT2D eigenvalue weighted by atomic mass is 16.6. The third kappa shape index (κ3) is 4.03. The van der Waals surface area contributed by atoms with Gasteiger partial charge in [0, 0.05) is 0 Å². The number of nitrogens with zero attached hydrogens (tertiary/aromatic N) is 1. The summed E-state index contributed by atoms with van der Waals surface area (Å²) in [6.07, 6.45) is 0. The molecule has 0 aromatic heterocycles. The molecule has 3 amide bonds. The highest BCUT2D eigenvalue weighted by Crippen LogP contribution is 2.32. The van der Waals surface area contributed by atoms with Gasteiger partial charge in [0.25, 0.3) is 5.91 Å². The van der Waals surface area contributed by atoms with E-state index in [0.717, 1.165) is 15.7 Å². The number of benzene rings is 3. The van der Waals surface area contributed by atoms with Crippen molar-refractivity contribution in [1.29, 1.82) is 0 Å². The standard InChI is InChI=1S/C25H22N2O7/c1-25(18-10-8-15-6-4-5-7-16(15)12-18)23(30)27(24(31)26-25)14-21(28)34-19-11-9-17(22(29)33-3)13-20(19)32-2/h4-13H,14H2,1-3H3,(H,26,31). The lowest BCUT2D eigenvalue weighted by atomic mass is 9.90. The van der Waals surface area contributed by atoms with Gasteiger partial charge in [0.15, 0.2) is 11.5 Å². The van der Waals surface area contributed by atoms with Crippen LogP contribution in [0.2, 0.25) is 0 Å². The van der Waals surface area contributed by atoms with Crippen LogP contribution in [0, 0.1) is 0 Å². The van der Waals surface area contributed by atoms with Crippen LogP contribution in [0.1, 0.15) is 22.8 Å². The molecular weight excluding hydrogens is 440 g/mol. The molecule has 174 valence electrons. The monoisotopic (exact) mass is 462 g/mol. The number of rotatable bonds is 6. The third-order valence-corrected chi connectivity index (χ3v) is 5.70. The first kappa shape index (κ1) is 22.8. The van der Waals surface area contributed by atoms with Crippen molar-refractivity contribution >= 4 is 34.6 Å². The highest BCUT2D eigenvalue weighted by molar-refractivity contribution is 6.09. The van der Waals surface area contributed by atoms with E-state index in [1.165, 1.54) is 32.4 Å². The van der Waals surface area contributed by atoms with E-state index in [4.69, 9.17) is 9.47 Å². The van der Waals surface area contributed by atoms with Crippen molar-refractivity contribution < 1.29 is 33.4 Å². The highest BCUT2D eigenvalue weighted by Gasteiger charge is 2.49. The number of esters is 2. The molecule has 9 nitrogen and oxygen atoms in total. The first-order chi connectivity index (χ1) is 16.3. The Morgan fingerprint density at radius 1 is 0.941 bits per heavy atom. The minimum absolute atomic E-state index is 0.0319. The summed E-state index contributed by atoms with van der Waals surface area (Å²) in [5.74, 6) is -1.85. The molecule has 1 fully saturated rings. The van der Waals surface area contributed by atoms with Crippen LogP contribution in [0.4, 0.5) is 4.79 Å². The van der Waals surface area contributed by atoms with E-state index >= 15 is 0 Å². The van der Waals surface area contributed by atoms with E-state index in [1.54, 1.807) is 13.0 Å². The maximum Gasteiger partial charge on any atom is 0.337 e. The molecule has 3 aromatic carbocycles. The number of fused-ring (bicyclic) bond motifs is 1. The molecule has 0 spiro atoms. The van der Waals surface area contributed by atoms with Gasteiger partial charge in [-0.15, -0.1) is 0 Å². The SMILES string of the molecule is COC(=O)c1ccc(OC(=O)CN2C(=O)NC(C)(c3ccc4ccccc4c3)C2=O)c(OC)c1. The quantitative estimate of drug-likeness (QED) is 0.341. The molecule has 1 N–H and O–H groups in total. The van der Waals surface area contributed by atoms with Crippen molar-refractivity contribution in [3.05, 3.63) is 71.8 Å². The van der Waals surface area contributed by atoms with Crippen molar-refractivity contribution in [2.24, 2.45) is 0 Å². The smallest absolute Gasteiger partial charge is 0.337 e. The van der Waals surface area contributed by atoms with Crippen molar-refractivity contribution in [3.8, 4) is 11.5 Å². The van der Waals surface area contributed by atoms with Gasteiger partial charge >= 0.3 is 18.0 Å². The normalized spacial score (nSPS) is 17.4. The summed E-state index contributed by atoms with van der Waals surface area (Å²) >= 11 is 0. The molecule has 3 aromatic rings. The zero-order valence-corrected chi connectivity index (χ0v) is 18.8. The Labute approximate surface area is 195 Å². The van der Waals surface area contributed by atoms with Crippen molar-refractivity contribution in [2.45, 2.75) is 12.5 Å². The predicted molar refractivity (Wildman–Crippen MR) is 122 cm³/mol. The Bertz CT molecular complexity index is 1320. The lowest BCUT2D eigenvalue weighted by Crippen LogP contribution is -2.42. The van der Waals surface area contributed by atoms with Gasteiger partial charge in [-0.1, -0.05) is 36.4 Å². The summed E-state index contributed by atoms with van der Waals surface area (Å²) in [5, 5.41) is 4.60. The number of imide groups is 1. The van der Waals surface area contributed by atoms with Crippen molar-refractivity contribution in [1.82, 2.24) is 10.2 Å². The summed E-state index contributed by atoms with van der Waals surface area (Å²) in [6.45, 7) is 0.993. The summed E-state index contributed by atoms with van der Waals surface area (Å²) in [6, 6.07) is 16.6. The zero-order chi connectivity index (χ0) is 24.5. The second-order valence-electron chi connectivity index (χ2n) is 7.84. The van der Waals surface area contributed by atoms with Crippen LogP contribution < -0.4 is 14.8 Å². The minimum Gasteiger partial charge on any atom is -0.493 e. The number of nitrogens with one attached hydrogen (secondary N) is 1. The summed E-state index contributed by atoms with van der Waals surface area (Å²) in [5.41, 5.74) is -0.527. The topological polar surface area (TPSA) is 111 Å². The number of hydrogen-bond donors (Lipinski definition) is 1. The number of methoxy groups -OCH3 is 2. The van der Waals surface area contributed by atoms with Gasteiger partial charge in [0.1, 0.15) is 12.1 Å². The first-order valence-corrected chi connectivity index (χ1v) is 10.4. The molecule has 0 aliphatic carbocycles. The number of carbonyl (C=O) groups is 4. The summed E-state index contributed by atoms with van der Waals surface area (Å²) < 4.78 is 15.1. The Kier molecular flexibility index (Phi) is 5.93. The fourth-order valence-corrected chi connectivity index (χ4v) is 3.82. The molecule has 4 rings (SSSR count). The molecule has 1 aliphatic rings. The van der Waals surface area contributed by atoms with Crippen LogP contribution in [-0.4, -0.2) is 49.5 Å². The van der Waals surface area contributed by atoms with Gasteiger partial charge in [0.2, 0.25) is 0 Å². The van der Waals surface area contributed by atoms with Crippen LogP contribution in [0.25, 0.3) is 10.8 Å². The maximum atomic E-state index is 13.2. The lowest BCUT2D eigenvalue weighted by Gasteiger charge is -2.22. The van der Waals surface area contributed by atoms with E-state index < -0.39 is 36.0 Å². The van der Waals surface area contributed by atoms with Gasteiger partial charge in [-0.05, 0) is 47.5 Å². The number of urea groups is 1. The third-order valence-electron chi connectivity index (χ3n) is 5.70. The fraction of sp³-hybridized carbons (Fsp3) is 0.200. The number of amides is 3. The Morgan fingerprint density at radius 2 is 1.68 bits per heavy atom. The average Bonchev–Trinajstić information content (AvgIpc) is 3.07. The van der Waals surface area contributed by atoms with E-state index in [0.29, 0.717) is 5.56 Å². The number of carbonyl (C=O) groups excluding carboxylic acids is 4. The van der Waals surface area contributed by atoms with Crippen LogP contribution in [-0.2, 0) is 19.9 Å². The van der Waals surface area contributed by atoms with Crippen LogP contribution in [0.5, 0.6) is 11.5 Å². The second kappa shape index (κ2) is 8.86. The van der Waals surface area contributed by atoms with Gasteiger partial charge in [-0.3, -0.25) is 9.69 Å². The molecule has 0 saturated carbocycles. The largest absolute Gasteiger partial charge is 0.493 e. The minimum atomic E-state index is -1.33. The molecule has 1 atom stereocenters. The van der Waals surface area contributed by atoms with Crippen LogP contribution in [0.3, 0.4) is 0 Å². The maximum absolute atomic E-state index is 13.2. The molecule has 0 bridgehead atoms. The van der Waals surface area contributed by atoms with Crippen molar-refractivity contribution in [3.63, 3.8) is 0 Å². The van der Waals surface area contributed by atoms with Gasteiger partial charge in [-0.25, -0.2) is 14.4 Å². The molecule has 9 heteroatoms. The number of hydrogen-bond acceptors (Lipinski definition) is 7. The Balaban J connectivity index is 1.52. The van der Waals surface area contributed by atoms with E-state index in [9.17, 15) is 19.2 Å². The lowest BCUT2D eigenvalue weighted by molar-refractivity contribution is -0.141. The second-order valence-corrected chi connectivity index (χ2v) is 7.84. The predicted octanol–water partition coefficient (Wildman–Crippen LogP) is 3.01. The summed E-state index contributed by atoms with van der Waals surface area (Å²) in [4.78, 5) is 50.9. The van der Waals surface area contributed by atoms with E-state index in [-0.39, 0.29) is 17.1 Å². The van der Waals surface area contributed by atoms with E-state index in [2.05, 4.69) is 10.1 Å². The molecule has 1 unspecified atom stereocenters. The Hall–Kier alpha value is -4.40. The average molecular weight is 462 g/mol. The van der Waals surface area contributed by atoms with E-state index in [1.807, 2.05) is 36.4 Å². The van der Waals surface area contributed by atoms with Gasteiger partial charge in [-0.2, -0.15) is 0 Å². The molecule has 0 radical (unpaired) electrons. The van der Waals surface area contributed by atoms with Gasteiger partial charge in [0.05, 0.1) is 19.8 Å². The molecule has 1 aliphatic heterocycles. The zero-order valence-electron chi connectivity index (χ0n) is 18.8. The molecule has 1 heterocycles. The molecular formula is C25H22N2O7. The summed E-state index contributed by atoms with van der Waals surface area (Å²) in [7, 11) is 2.59. The first-order valence-electron chi connectivity index (χ1n) is 10.4. The molecule has 34 heavy (non-hydrogen) atoms. The van der Waals surface area contributed by atoms with Crippen LogP contribution >= 0.6 is 0 Å². The fourth-order valence-electron chi connectivity index (χ4n) is 3.82. The van der Waals surface area contributed by atoms with Crippen molar-refractivity contribution in [2.75, 3.05) is 20.8 Å². The Morgan fingerprint density at radius 3 is 2.38 bits per heavy atom. The number of ether oxygens (including phenoxy) is 3. The molecule has 1 saturated heterocycles.